The summed E-state index contributed by atoms with van der Waals surface area (Å²) >= 11 is 0. The highest BCUT2D eigenvalue weighted by atomic mass is 19.1. The van der Waals surface area contributed by atoms with Gasteiger partial charge in [-0.3, -0.25) is 0 Å². The van der Waals surface area contributed by atoms with E-state index >= 15 is 4.39 Å². The van der Waals surface area contributed by atoms with Gasteiger partial charge < -0.3 is 0 Å². The first-order valence-electron chi connectivity index (χ1n) is 11.1. The predicted molar refractivity (Wildman–Crippen MR) is 126 cm³/mol. The molecule has 0 aromatic heterocycles. The topological polar surface area (TPSA) is 23.8 Å². The van der Waals surface area contributed by atoms with Crippen LogP contribution in [0, 0.1) is 23.0 Å². The normalized spacial score (nSPS) is 10.9. The van der Waals surface area contributed by atoms with E-state index in [2.05, 4.69) is 31.2 Å². The molecule has 0 amide bonds. The molecule has 0 atom stereocenters. The maximum Gasteiger partial charge on any atom is 0.141 e. The van der Waals surface area contributed by atoms with Crippen molar-refractivity contribution in [3.8, 4) is 17.2 Å². The van der Waals surface area contributed by atoms with Crippen LogP contribution in [-0.2, 0) is 19.3 Å². The molecule has 0 saturated heterocycles. The molecular weight excluding hydrogens is 400 g/mol. The zero-order chi connectivity index (χ0) is 22.5. The minimum atomic E-state index is -0.532. The standard InChI is InChI=1S/C29H25F2N/c1-2-3-4-20-5-9-22(10-6-20)24-15-16-27-25(18-24)14-13-23(29(27)31)11-7-21-8-12-26(19-32)28(30)17-21/h5-6,8-10,12-18H,2-4,7,11H2,1H3. The number of fused-ring (bicyclic) bond motifs is 1. The Kier molecular flexibility index (Phi) is 6.61. The number of nitrogens with zero attached hydrogens (tertiary/aromatic N) is 1. The van der Waals surface area contributed by atoms with Crippen LogP contribution in [0.4, 0.5) is 8.78 Å². The summed E-state index contributed by atoms with van der Waals surface area (Å²) in [5, 5.41) is 10.3. The van der Waals surface area contributed by atoms with Gasteiger partial charge in [0.1, 0.15) is 17.7 Å². The number of aryl methyl sites for hydroxylation is 3. The monoisotopic (exact) mass is 425 g/mol. The maximum absolute atomic E-state index is 15.2. The Labute approximate surface area is 188 Å². The molecule has 0 radical (unpaired) electrons. The number of hydrogen-bond donors (Lipinski definition) is 0. The second kappa shape index (κ2) is 9.75. The van der Waals surface area contributed by atoms with Gasteiger partial charge in [0.25, 0.3) is 0 Å². The molecule has 0 saturated carbocycles. The van der Waals surface area contributed by atoms with Gasteiger partial charge in [-0.25, -0.2) is 8.78 Å². The van der Waals surface area contributed by atoms with Crippen LogP contribution in [0.1, 0.15) is 42.0 Å². The first-order valence-corrected chi connectivity index (χ1v) is 11.1. The minimum absolute atomic E-state index is 0.0250. The number of benzene rings is 4. The van der Waals surface area contributed by atoms with Crippen molar-refractivity contribution in [3.05, 3.63) is 107 Å². The lowest BCUT2D eigenvalue weighted by Crippen LogP contribution is -1.97. The zero-order valence-electron chi connectivity index (χ0n) is 18.2. The van der Waals surface area contributed by atoms with Gasteiger partial charge in [-0.05, 0) is 77.1 Å². The Morgan fingerprint density at radius 2 is 1.50 bits per heavy atom. The molecule has 0 unspecified atom stereocenters. The molecule has 160 valence electrons. The summed E-state index contributed by atoms with van der Waals surface area (Å²) in [4.78, 5) is 0. The largest absolute Gasteiger partial charge is 0.206 e. The smallest absolute Gasteiger partial charge is 0.141 e. The van der Waals surface area contributed by atoms with Crippen molar-refractivity contribution >= 4 is 10.8 Å². The Hall–Kier alpha value is -3.51. The second-order valence-corrected chi connectivity index (χ2v) is 8.20. The van der Waals surface area contributed by atoms with Crippen molar-refractivity contribution in [2.75, 3.05) is 0 Å². The first-order chi connectivity index (χ1) is 15.6. The summed E-state index contributed by atoms with van der Waals surface area (Å²) in [5.74, 6) is -0.756. The highest BCUT2D eigenvalue weighted by Gasteiger charge is 2.10. The van der Waals surface area contributed by atoms with Crippen LogP contribution in [0.25, 0.3) is 21.9 Å². The Morgan fingerprint density at radius 3 is 2.22 bits per heavy atom. The molecule has 0 heterocycles. The van der Waals surface area contributed by atoms with Gasteiger partial charge in [0.2, 0.25) is 0 Å². The van der Waals surface area contributed by atoms with E-state index in [-0.39, 0.29) is 11.4 Å². The van der Waals surface area contributed by atoms with Crippen LogP contribution >= 0.6 is 0 Å². The van der Waals surface area contributed by atoms with E-state index in [0.717, 1.165) is 28.5 Å². The van der Waals surface area contributed by atoms with Crippen LogP contribution in [0.2, 0.25) is 0 Å². The molecule has 0 bridgehead atoms. The molecule has 4 aromatic carbocycles. The fraction of sp³-hybridized carbons (Fsp3) is 0.207. The minimum Gasteiger partial charge on any atom is -0.206 e. The Morgan fingerprint density at radius 1 is 0.750 bits per heavy atom. The molecule has 0 N–H and O–H groups in total. The molecule has 32 heavy (non-hydrogen) atoms. The van der Waals surface area contributed by atoms with Gasteiger partial charge >= 0.3 is 0 Å². The second-order valence-electron chi connectivity index (χ2n) is 8.20. The van der Waals surface area contributed by atoms with E-state index < -0.39 is 5.82 Å². The highest BCUT2D eigenvalue weighted by molar-refractivity contribution is 5.88. The summed E-state index contributed by atoms with van der Waals surface area (Å²) in [5.41, 5.74) is 4.92. The molecule has 1 nitrogen and oxygen atoms in total. The average molecular weight is 426 g/mol. The Balaban J connectivity index is 1.53. The number of unbranched alkanes of at least 4 members (excludes halogenated alkanes) is 1. The first kappa shape index (κ1) is 21.7. The van der Waals surface area contributed by atoms with Crippen LogP contribution in [-0.4, -0.2) is 0 Å². The molecule has 0 aliphatic heterocycles. The van der Waals surface area contributed by atoms with E-state index in [1.807, 2.05) is 36.4 Å². The predicted octanol–water partition coefficient (Wildman–Crippen LogP) is 7.78. The fourth-order valence-corrected chi connectivity index (χ4v) is 4.04. The fourth-order valence-electron chi connectivity index (χ4n) is 4.04. The molecule has 4 aromatic rings. The third-order valence-corrected chi connectivity index (χ3v) is 5.98. The lowest BCUT2D eigenvalue weighted by molar-refractivity contribution is 0.616. The maximum atomic E-state index is 15.2. The molecule has 0 aliphatic rings. The zero-order valence-corrected chi connectivity index (χ0v) is 18.2. The van der Waals surface area contributed by atoms with Crippen molar-refractivity contribution in [1.82, 2.24) is 0 Å². The van der Waals surface area contributed by atoms with Gasteiger partial charge in [-0.1, -0.05) is 67.9 Å². The number of hydrogen-bond acceptors (Lipinski definition) is 1. The quantitative estimate of drug-likeness (QED) is 0.296. The third-order valence-electron chi connectivity index (χ3n) is 5.98. The molecule has 4 rings (SSSR count). The molecular formula is C29H25F2N. The van der Waals surface area contributed by atoms with Gasteiger partial charge in [-0.2, -0.15) is 5.26 Å². The summed E-state index contributed by atoms with van der Waals surface area (Å²) in [6.07, 6.45) is 4.45. The lowest BCUT2D eigenvalue weighted by atomic mass is 9.96. The summed E-state index contributed by atoms with van der Waals surface area (Å²) < 4.78 is 29.0. The number of nitriles is 1. The van der Waals surface area contributed by atoms with Gasteiger partial charge in [-0.15, -0.1) is 0 Å². The van der Waals surface area contributed by atoms with Crippen molar-refractivity contribution in [2.24, 2.45) is 0 Å². The highest BCUT2D eigenvalue weighted by Crippen LogP contribution is 2.28. The number of halogens is 2. The van der Waals surface area contributed by atoms with Crippen molar-refractivity contribution in [2.45, 2.75) is 39.0 Å². The van der Waals surface area contributed by atoms with Crippen LogP contribution in [0.3, 0.4) is 0 Å². The van der Waals surface area contributed by atoms with E-state index in [0.29, 0.717) is 23.8 Å². The van der Waals surface area contributed by atoms with Crippen LogP contribution in [0.15, 0.2) is 72.8 Å². The molecule has 0 spiro atoms. The van der Waals surface area contributed by atoms with Gasteiger partial charge in [0, 0.05) is 5.39 Å². The van der Waals surface area contributed by atoms with Crippen molar-refractivity contribution < 1.29 is 8.78 Å². The lowest BCUT2D eigenvalue weighted by Gasteiger charge is -2.10. The third kappa shape index (κ3) is 4.70. The summed E-state index contributed by atoms with van der Waals surface area (Å²) in [6.45, 7) is 2.20. The van der Waals surface area contributed by atoms with E-state index in [4.69, 9.17) is 5.26 Å². The van der Waals surface area contributed by atoms with E-state index in [1.54, 1.807) is 6.07 Å². The van der Waals surface area contributed by atoms with Crippen molar-refractivity contribution in [3.63, 3.8) is 0 Å². The van der Waals surface area contributed by atoms with E-state index in [1.165, 1.54) is 30.5 Å². The molecule has 0 fully saturated rings. The van der Waals surface area contributed by atoms with Gasteiger partial charge in [0.15, 0.2) is 0 Å². The van der Waals surface area contributed by atoms with Crippen molar-refractivity contribution in [1.29, 1.82) is 5.26 Å². The summed E-state index contributed by atoms with van der Waals surface area (Å²) in [6, 6.07) is 24.6. The molecule has 0 aliphatic carbocycles. The van der Waals surface area contributed by atoms with Crippen LogP contribution < -0.4 is 0 Å². The van der Waals surface area contributed by atoms with E-state index in [9.17, 15) is 4.39 Å². The summed E-state index contributed by atoms with van der Waals surface area (Å²) in [7, 11) is 0. The Bertz CT molecular complexity index is 1280. The van der Waals surface area contributed by atoms with Crippen LogP contribution in [0.5, 0.6) is 0 Å². The number of rotatable bonds is 7. The molecule has 3 heteroatoms. The average Bonchev–Trinajstić information content (AvgIpc) is 2.82. The van der Waals surface area contributed by atoms with Gasteiger partial charge in [0.05, 0.1) is 5.56 Å². The SMILES string of the molecule is CCCCc1ccc(-c2ccc3c(F)c(CCc4ccc(C#N)c(F)c4)ccc3c2)cc1.